The van der Waals surface area contributed by atoms with E-state index in [4.69, 9.17) is 0 Å². The van der Waals surface area contributed by atoms with E-state index < -0.39 is 0 Å². The van der Waals surface area contributed by atoms with Crippen molar-refractivity contribution in [3.63, 3.8) is 0 Å². The first-order valence-electron chi connectivity index (χ1n) is 4.99. The van der Waals surface area contributed by atoms with Gasteiger partial charge in [0.25, 0.3) is 0 Å². The monoisotopic (exact) mass is 170 g/mol. The molecule has 0 unspecified atom stereocenters. The largest absolute Gasteiger partial charge is 0.393 e. The zero-order valence-electron chi connectivity index (χ0n) is 7.18. The summed E-state index contributed by atoms with van der Waals surface area (Å²) >= 11 is 0. The molecule has 1 heteroatoms. The highest BCUT2D eigenvalue weighted by Crippen LogP contribution is 2.48. The maximum absolute atomic E-state index is 9.35. The first-order valence-corrected chi connectivity index (χ1v) is 4.99. The summed E-state index contributed by atoms with van der Waals surface area (Å²) in [6.07, 6.45) is 10.5. The van der Waals surface area contributed by atoms with Crippen molar-refractivity contribution in [3.05, 3.63) is 0 Å². The molecule has 0 heterocycles. The Morgan fingerprint density at radius 3 is 1.92 bits per heavy atom. The molecule has 0 aliphatic heterocycles. The highest BCUT2D eigenvalue weighted by molar-refractivity contribution is 4.89. The lowest BCUT2D eigenvalue weighted by atomic mass is 9.72. The Bertz CT molecular complexity index is 126. The maximum atomic E-state index is 9.35. The molecular weight excluding hydrogens is 148 g/mol. The van der Waals surface area contributed by atoms with E-state index in [1.807, 2.05) is 0 Å². The second-order valence-electron chi connectivity index (χ2n) is 4.44. The third-order valence-electron chi connectivity index (χ3n) is 3.68. The molecule has 2 saturated carbocycles. The quantitative estimate of drug-likeness (QED) is 0.592. The molecule has 1 spiro atoms. The molecule has 1 N–H and O–H groups in total. The topological polar surface area (TPSA) is 20.2 Å². The summed E-state index contributed by atoms with van der Waals surface area (Å²) in [6, 6.07) is 0. The fourth-order valence-electron chi connectivity index (χ4n) is 2.84. The van der Waals surface area contributed by atoms with E-state index >= 15 is 0 Å². The predicted octanol–water partition coefficient (Wildman–Crippen LogP) is 3.12. The van der Waals surface area contributed by atoms with Gasteiger partial charge >= 0.3 is 0 Å². The summed E-state index contributed by atoms with van der Waals surface area (Å²) in [4.78, 5) is 0. The molecule has 2 rings (SSSR count). The van der Waals surface area contributed by atoms with Crippen LogP contribution in [-0.2, 0) is 0 Å². The average Bonchev–Trinajstić information content (AvgIpc) is 2.45. The average molecular weight is 170 g/mol. The van der Waals surface area contributed by atoms with Crippen LogP contribution < -0.4 is 0 Å². The van der Waals surface area contributed by atoms with Crippen LogP contribution in [0.25, 0.3) is 0 Å². The maximum Gasteiger partial charge on any atom is 0.0540 e. The molecule has 0 amide bonds. The van der Waals surface area contributed by atoms with Crippen molar-refractivity contribution in [3.8, 4) is 0 Å². The van der Waals surface area contributed by atoms with Crippen LogP contribution in [0.3, 0.4) is 0 Å². The van der Waals surface area contributed by atoms with Gasteiger partial charge in [-0.1, -0.05) is 20.3 Å². The van der Waals surface area contributed by atoms with Gasteiger partial charge in [0, 0.05) is 0 Å². The minimum Gasteiger partial charge on any atom is -0.393 e. The lowest BCUT2D eigenvalue weighted by molar-refractivity contribution is 0.0657. The third-order valence-corrected chi connectivity index (χ3v) is 3.68. The Morgan fingerprint density at radius 1 is 0.917 bits per heavy atom. The van der Waals surface area contributed by atoms with E-state index in [9.17, 15) is 5.11 Å². The first kappa shape index (κ1) is 10.0. The smallest absolute Gasteiger partial charge is 0.0540 e. The zero-order valence-corrected chi connectivity index (χ0v) is 7.18. The molecule has 72 valence electrons. The van der Waals surface area contributed by atoms with Gasteiger partial charge in [-0.3, -0.25) is 0 Å². The Labute approximate surface area is 76.2 Å². The van der Waals surface area contributed by atoms with Gasteiger partial charge in [-0.15, -0.1) is 0 Å². The second kappa shape index (κ2) is 3.78. The molecule has 1 nitrogen and oxygen atoms in total. The summed E-state index contributed by atoms with van der Waals surface area (Å²) in [7, 11) is 0. The number of hydrogen-bond acceptors (Lipinski definition) is 1. The molecule has 0 atom stereocenters. The lowest BCUT2D eigenvalue weighted by Crippen LogP contribution is -2.26. The van der Waals surface area contributed by atoms with Crippen LogP contribution in [-0.4, -0.2) is 11.2 Å². The number of aliphatic hydroxyl groups excluding tert-OH is 1. The molecule has 0 aromatic carbocycles. The van der Waals surface area contributed by atoms with Gasteiger partial charge in [0.1, 0.15) is 0 Å². The fourth-order valence-corrected chi connectivity index (χ4v) is 2.84. The normalized spacial score (nSPS) is 28.8. The molecule has 2 aliphatic rings. The summed E-state index contributed by atoms with van der Waals surface area (Å²) in [6.45, 7) is 0. The second-order valence-corrected chi connectivity index (χ2v) is 4.44. The van der Waals surface area contributed by atoms with Crippen molar-refractivity contribution in [2.24, 2.45) is 5.41 Å². The molecule has 0 saturated heterocycles. The molecule has 12 heavy (non-hydrogen) atoms. The molecule has 2 aliphatic carbocycles. The van der Waals surface area contributed by atoms with Gasteiger partial charge in [0.15, 0.2) is 0 Å². The van der Waals surface area contributed by atoms with Crippen molar-refractivity contribution < 1.29 is 5.11 Å². The summed E-state index contributed by atoms with van der Waals surface area (Å²) < 4.78 is 0. The first-order chi connectivity index (χ1) is 5.31. The molecule has 0 aromatic heterocycles. The highest BCUT2D eigenvalue weighted by atomic mass is 16.3. The van der Waals surface area contributed by atoms with Crippen LogP contribution >= 0.6 is 0 Å². The number of rotatable bonds is 0. The van der Waals surface area contributed by atoms with Gasteiger partial charge in [-0.05, 0) is 43.9 Å². The van der Waals surface area contributed by atoms with Crippen molar-refractivity contribution in [2.75, 3.05) is 0 Å². The molecular formula is C11H22O. The predicted molar refractivity (Wildman–Crippen MR) is 52.1 cm³/mol. The fraction of sp³-hybridized carbons (Fsp3) is 1.00. The number of hydrogen-bond donors (Lipinski definition) is 1. The van der Waals surface area contributed by atoms with Crippen LogP contribution in [0, 0.1) is 5.41 Å². The van der Waals surface area contributed by atoms with E-state index in [2.05, 4.69) is 0 Å². The molecule has 2 fully saturated rings. The summed E-state index contributed by atoms with van der Waals surface area (Å²) in [5, 5.41) is 9.35. The van der Waals surface area contributed by atoms with E-state index in [1.54, 1.807) is 0 Å². The SMILES string of the molecule is C.OC1CCC2(CCCC2)CC1. The minimum atomic E-state index is 0. The van der Waals surface area contributed by atoms with Crippen LogP contribution in [0.1, 0.15) is 58.8 Å². The lowest BCUT2D eigenvalue weighted by Gasteiger charge is -2.35. The number of aliphatic hydroxyl groups is 1. The molecule has 0 bridgehead atoms. The van der Waals surface area contributed by atoms with Crippen molar-refractivity contribution >= 4 is 0 Å². The Balaban J connectivity index is 0.000000720. The van der Waals surface area contributed by atoms with Crippen molar-refractivity contribution in [1.82, 2.24) is 0 Å². The summed E-state index contributed by atoms with van der Waals surface area (Å²) in [5.41, 5.74) is 0.694. The van der Waals surface area contributed by atoms with Gasteiger partial charge in [0.05, 0.1) is 6.10 Å². The highest BCUT2D eigenvalue weighted by Gasteiger charge is 2.36. The van der Waals surface area contributed by atoms with Crippen LogP contribution in [0.15, 0.2) is 0 Å². The zero-order chi connectivity index (χ0) is 7.73. The Morgan fingerprint density at radius 2 is 1.42 bits per heavy atom. The minimum absolute atomic E-state index is 0. The van der Waals surface area contributed by atoms with Crippen LogP contribution in [0.4, 0.5) is 0 Å². The Hall–Kier alpha value is -0.0400. The molecule has 0 radical (unpaired) electrons. The Kier molecular flexibility index (Phi) is 3.16. The third kappa shape index (κ3) is 1.82. The standard InChI is InChI=1S/C10H18O.CH4/c11-9-3-7-10(8-4-9)5-1-2-6-10;/h9,11H,1-8H2;1H4. The van der Waals surface area contributed by atoms with Crippen molar-refractivity contribution in [1.29, 1.82) is 0 Å². The van der Waals surface area contributed by atoms with Gasteiger partial charge in [-0.25, -0.2) is 0 Å². The molecule has 0 aromatic rings. The van der Waals surface area contributed by atoms with Crippen LogP contribution in [0.5, 0.6) is 0 Å². The van der Waals surface area contributed by atoms with E-state index in [1.165, 1.54) is 38.5 Å². The van der Waals surface area contributed by atoms with Crippen LogP contribution in [0.2, 0.25) is 0 Å². The van der Waals surface area contributed by atoms with Gasteiger partial charge in [0.2, 0.25) is 0 Å². The van der Waals surface area contributed by atoms with E-state index in [-0.39, 0.29) is 13.5 Å². The van der Waals surface area contributed by atoms with E-state index in [0.717, 1.165) is 12.8 Å². The van der Waals surface area contributed by atoms with Crippen molar-refractivity contribution in [2.45, 2.75) is 64.9 Å². The van der Waals surface area contributed by atoms with Gasteiger partial charge < -0.3 is 5.11 Å². The summed E-state index contributed by atoms with van der Waals surface area (Å²) in [5.74, 6) is 0. The van der Waals surface area contributed by atoms with Gasteiger partial charge in [-0.2, -0.15) is 0 Å². The van der Waals surface area contributed by atoms with E-state index in [0.29, 0.717) is 5.41 Å².